The molecule has 0 amide bonds. The van der Waals surface area contributed by atoms with E-state index in [9.17, 15) is 4.79 Å². The first-order valence-electron chi connectivity index (χ1n) is 6.88. The lowest BCUT2D eigenvalue weighted by atomic mass is 10.1. The fourth-order valence-corrected chi connectivity index (χ4v) is 2.50. The van der Waals surface area contributed by atoms with Gasteiger partial charge in [0.05, 0.1) is 0 Å². The molecule has 1 aromatic carbocycles. The maximum Gasteiger partial charge on any atom is 0.344 e. The molecule has 2 rings (SSSR count). The third kappa shape index (κ3) is 3.07. The van der Waals surface area contributed by atoms with Crippen LogP contribution in [0.15, 0.2) is 18.2 Å². The summed E-state index contributed by atoms with van der Waals surface area (Å²) in [7, 11) is 0. The highest BCUT2D eigenvalue weighted by Gasteiger charge is 2.25. The molecule has 0 heterocycles. The van der Waals surface area contributed by atoms with Crippen LogP contribution in [0.5, 0.6) is 5.75 Å². The van der Waals surface area contributed by atoms with Gasteiger partial charge in [-0.25, -0.2) is 4.79 Å². The van der Waals surface area contributed by atoms with Crippen LogP contribution in [0, 0.1) is 0 Å². The molecule has 0 aromatic heterocycles. The van der Waals surface area contributed by atoms with E-state index in [0.717, 1.165) is 31.4 Å². The zero-order chi connectivity index (χ0) is 13.8. The van der Waals surface area contributed by atoms with Crippen LogP contribution in [-0.2, 0) is 11.2 Å². The van der Waals surface area contributed by atoms with Crippen molar-refractivity contribution >= 4 is 5.97 Å². The Labute approximate surface area is 113 Å². The lowest BCUT2D eigenvalue weighted by Gasteiger charge is -2.16. The molecular formula is C15H21NO3. The summed E-state index contributed by atoms with van der Waals surface area (Å²) in [6, 6.07) is 6.28. The van der Waals surface area contributed by atoms with Crippen molar-refractivity contribution in [3.63, 3.8) is 0 Å². The predicted molar refractivity (Wildman–Crippen MR) is 73.5 cm³/mol. The minimum Gasteiger partial charge on any atom is -0.479 e. The zero-order valence-electron chi connectivity index (χ0n) is 11.5. The maximum atomic E-state index is 10.9. The van der Waals surface area contributed by atoms with Gasteiger partial charge in [-0.15, -0.1) is 0 Å². The molecule has 0 fully saturated rings. The molecule has 1 aliphatic rings. The molecule has 2 atom stereocenters. The summed E-state index contributed by atoms with van der Waals surface area (Å²) in [6.45, 7) is 4.71. The van der Waals surface area contributed by atoms with Crippen molar-refractivity contribution in [3.05, 3.63) is 29.3 Å². The topological polar surface area (TPSA) is 58.6 Å². The van der Waals surface area contributed by atoms with Crippen molar-refractivity contribution < 1.29 is 14.6 Å². The molecule has 0 saturated heterocycles. The normalized spacial score (nSPS) is 18.9. The monoisotopic (exact) mass is 263 g/mol. The Kier molecular flexibility index (Phi) is 4.43. The summed E-state index contributed by atoms with van der Waals surface area (Å²) < 4.78 is 5.54. The highest BCUT2D eigenvalue weighted by atomic mass is 16.5. The van der Waals surface area contributed by atoms with Gasteiger partial charge in [0.25, 0.3) is 0 Å². The average molecular weight is 263 g/mol. The fraction of sp³-hybridized carbons (Fsp3) is 0.533. The van der Waals surface area contributed by atoms with Gasteiger partial charge < -0.3 is 15.2 Å². The number of carboxylic acid groups (broad SMARTS) is 1. The van der Waals surface area contributed by atoms with Crippen molar-refractivity contribution in [2.45, 2.75) is 45.3 Å². The van der Waals surface area contributed by atoms with E-state index in [0.29, 0.717) is 11.8 Å². The number of ether oxygens (including phenoxy) is 1. The molecule has 1 aromatic rings. The van der Waals surface area contributed by atoms with Crippen molar-refractivity contribution in [1.82, 2.24) is 5.32 Å². The van der Waals surface area contributed by atoms with Crippen LogP contribution >= 0.6 is 0 Å². The van der Waals surface area contributed by atoms with Gasteiger partial charge in [-0.05, 0) is 49.9 Å². The van der Waals surface area contributed by atoms with Gasteiger partial charge in [0.2, 0.25) is 0 Å². The Balaban J connectivity index is 2.16. The molecular weight excluding hydrogens is 242 g/mol. The molecule has 19 heavy (non-hydrogen) atoms. The van der Waals surface area contributed by atoms with Crippen molar-refractivity contribution in [3.8, 4) is 5.75 Å². The SMILES string of the molecule is CCCNC1CCc2c(OC(C)C(=O)O)cccc21. The number of rotatable bonds is 6. The van der Waals surface area contributed by atoms with Crippen molar-refractivity contribution in [2.75, 3.05) is 6.54 Å². The van der Waals surface area contributed by atoms with Crippen molar-refractivity contribution in [2.24, 2.45) is 0 Å². The number of aliphatic carboxylic acids is 1. The summed E-state index contributed by atoms with van der Waals surface area (Å²) in [5, 5.41) is 12.4. The number of hydrogen-bond donors (Lipinski definition) is 2. The lowest BCUT2D eigenvalue weighted by Crippen LogP contribution is -2.23. The molecule has 2 unspecified atom stereocenters. The van der Waals surface area contributed by atoms with Crippen molar-refractivity contribution in [1.29, 1.82) is 0 Å². The Morgan fingerprint density at radius 1 is 1.58 bits per heavy atom. The van der Waals surface area contributed by atoms with Crippen LogP contribution in [0.1, 0.15) is 43.9 Å². The third-order valence-electron chi connectivity index (χ3n) is 3.52. The predicted octanol–water partition coefficient (Wildman–Crippen LogP) is 2.53. The summed E-state index contributed by atoms with van der Waals surface area (Å²) >= 11 is 0. The molecule has 4 heteroatoms. The summed E-state index contributed by atoms with van der Waals surface area (Å²) in [5.41, 5.74) is 2.41. The van der Waals surface area contributed by atoms with Crippen LogP contribution < -0.4 is 10.1 Å². The van der Waals surface area contributed by atoms with Crippen LogP contribution in [0.2, 0.25) is 0 Å². The maximum absolute atomic E-state index is 10.9. The second-order valence-corrected chi connectivity index (χ2v) is 4.97. The number of benzene rings is 1. The van der Waals surface area contributed by atoms with E-state index < -0.39 is 12.1 Å². The highest BCUT2D eigenvalue weighted by molar-refractivity contribution is 5.72. The molecule has 0 radical (unpaired) electrons. The number of hydrogen-bond acceptors (Lipinski definition) is 3. The Bertz CT molecular complexity index is 459. The minimum atomic E-state index is -0.934. The first kappa shape index (κ1) is 13.9. The number of carbonyl (C=O) groups is 1. The van der Waals surface area contributed by atoms with E-state index in [-0.39, 0.29) is 0 Å². The minimum absolute atomic E-state index is 0.374. The third-order valence-corrected chi connectivity index (χ3v) is 3.52. The first-order valence-corrected chi connectivity index (χ1v) is 6.88. The van der Waals surface area contributed by atoms with E-state index in [1.807, 2.05) is 12.1 Å². The number of fused-ring (bicyclic) bond motifs is 1. The first-order chi connectivity index (χ1) is 9.13. The summed E-state index contributed by atoms with van der Waals surface area (Å²) in [4.78, 5) is 10.9. The molecule has 1 aliphatic carbocycles. The van der Waals surface area contributed by atoms with Crippen LogP contribution in [0.25, 0.3) is 0 Å². The standard InChI is InChI=1S/C15H21NO3/c1-3-9-16-13-8-7-12-11(13)5-4-6-14(12)19-10(2)15(17)18/h4-6,10,13,16H,3,7-9H2,1-2H3,(H,17,18). The lowest BCUT2D eigenvalue weighted by molar-refractivity contribution is -0.144. The van der Waals surface area contributed by atoms with E-state index in [2.05, 4.69) is 18.3 Å². The molecule has 104 valence electrons. The molecule has 0 aliphatic heterocycles. The van der Waals surface area contributed by atoms with Gasteiger partial charge in [-0.2, -0.15) is 0 Å². The van der Waals surface area contributed by atoms with Gasteiger partial charge in [-0.1, -0.05) is 19.1 Å². The van der Waals surface area contributed by atoms with Crippen LogP contribution in [-0.4, -0.2) is 23.7 Å². The van der Waals surface area contributed by atoms with Crippen LogP contribution in [0.3, 0.4) is 0 Å². The van der Waals surface area contributed by atoms with Gasteiger partial charge >= 0.3 is 5.97 Å². The van der Waals surface area contributed by atoms with Gasteiger partial charge in [-0.3, -0.25) is 0 Å². The quantitative estimate of drug-likeness (QED) is 0.828. The fourth-order valence-electron chi connectivity index (χ4n) is 2.50. The van der Waals surface area contributed by atoms with Gasteiger partial charge in [0, 0.05) is 6.04 Å². The molecule has 0 bridgehead atoms. The molecule has 4 nitrogen and oxygen atoms in total. The largest absolute Gasteiger partial charge is 0.479 e. The Morgan fingerprint density at radius 3 is 3.05 bits per heavy atom. The second kappa shape index (κ2) is 6.06. The second-order valence-electron chi connectivity index (χ2n) is 4.97. The zero-order valence-corrected chi connectivity index (χ0v) is 11.5. The van der Waals surface area contributed by atoms with Gasteiger partial charge in [0.1, 0.15) is 5.75 Å². The Morgan fingerprint density at radius 2 is 2.37 bits per heavy atom. The summed E-state index contributed by atoms with van der Waals surface area (Å²) in [6.07, 6.45) is 2.29. The number of carboxylic acids is 1. The summed E-state index contributed by atoms with van der Waals surface area (Å²) in [5.74, 6) is -0.218. The average Bonchev–Trinajstić information content (AvgIpc) is 2.80. The molecule has 2 N–H and O–H groups in total. The number of nitrogens with one attached hydrogen (secondary N) is 1. The van der Waals surface area contributed by atoms with E-state index in [1.54, 1.807) is 6.92 Å². The molecule has 0 saturated carbocycles. The van der Waals surface area contributed by atoms with E-state index >= 15 is 0 Å². The van der Waals surface area contributed by atoms with Gasteiger partial charge in [0.15, 0.2) is 6.10 Å². The Hall–Kier alpha value is -1.55. The highest BCUT2D eigenvalue weighted by Crippen LogP contribution is 2.37. The van der Waals surface area contributed by atoms with E-state index in [1.165, 1.54) is 5.56 Å². The molecule has 0 spiro atoms. The smallest absolute Gasteiger partial charge is 0.344 e. The van der Waals surface area contributed by atoms with E-state index in [4.69, 9.17) is 9.84 Å². The van der Waals surface area contributed by atoms with Crippen LogP contribution in [0.4, 0.5) is 0 Å².